The second-order valence-corrected chi connectivity index (χ2v) is 7.29. The average molecular weight is 536 g/mol. The van der Waals surface area contributed by atoms with Crippen molar-refractivity contribution in [3.8, 4) is 23.0 Å². The molecular weight excluding hydrogens is 516 g/mol. The van der Waals surface area contributed by atoms with Crippen LogP contribution in [0.4, 0.5) is 0 Å². The molecule has 0 aliphatic carbocycles. The molecule has 158 valence electrons. The van der Waals surface area contributed by atoms with Crippen LogP contribution in [0.3, 0.4) is 0 Å². The van der Waals surface area contributed by atoms with Crippen molar-refractivity contribution < 1.29 is 39.1 Å². The number of halogens is 2. The zero-order chi connectivity index (χ0) is 22.1. The Balaban J connectivity index is 0.000000291. The number of carboxylic acids is 1. The zero-order valence-corrected chi connectivity index (χ0v) is 19.0. The van der Waals surface area contributed by atoms with Crippen LogP contribution in [0.25, 0.3) is 0 Å². The van der Waals surface area contributed by atoms with Gasteiger partial charge in [-0.1, -0.05) is 0 Å². The van der Waals surface area contributed by atoms with Gasteiger partial charge in [0.05, 0.1) is 43.1 Å². The van der Waals surface area contributed by atoms with Gasteiger partial charge < -0.3 is 29.5 Å². The molecular formula is C19H20Br2O8. The lowest BCUT2D eigenvalue weighted by Gasteiger charge is -2.08. The maximum atomic E-state index is 11.0. The predicted octanol–water partition coefficient (Wildman–Crippen LogP) is 3.67. The Kier molecular flexibility index (Phi) is 9.76. The third-order valence-electron chi connectivity index (χ3n) is 3.55. The highest BCUT2D eigenvalue weighted by atomic mass is 79.9. The van der Waals surface area contributed by atoms with Crippen LogP contribution in [0, 0.1) is 0 Å². The minimum absolute atomic E-state index is 0.0196. The molecule has 0 aliphatic heterocycles. The zero-order valence-electron chi connectivity index (χ0n) is 15.9. The molecule has 2 aromatic carbocycles. The number of phenolic OH excluding ortho intramolecular Hbond substituents is 2. The molecule has 0 saturated carbocycles. The van der Waals surface area contributed by atoms with Gasteiger partial charge in [0.2, 0.25) is 0 Å². The number of ether oxygens (including phenoxy) is 3. The quantitative estimate of drug-likeness (QED) is 0.479. The summed E-state index contributed by atoms with van der Waals surface area (Å²) in [6, 6.07) is 6.28. The molecule has 8 nitrogen and oxygen atoms in total. The van der Waals surface area contributed by atoms with E-state index in [1.54, 1.807) is 18.2 Å². The minimum atomic E-state index is -0.926. The van der Waals surface area contributed by atoms with E-state index < -0.39 is 5.97 Å². The van der Waals surface area contributed by atoms with Crippen molar-refractivity contribution in [2.24, 2.45) is 0 Å². The van der Waals surface area contributed by atoms with Gasteiger partial charge in [0, 0.05) is 0 Å². The van der Waals surface area contributed by atoms with Crippen molar-refractivity contribution in [1.82, 2.24) is 0 Å². The molecule has 3 N–H and O–H groups in total. The van der Waals surface area contributed by atoms with Gasteiger partial charge in [0.25, 0.3) is 0 Å². The molecule has 0 radical (unpaired) electrons. The minimum Gasteiger partial charge on any atom is -0.503 e. The molecule has 0 aliphatic rings. The van der Waals surface area contributed by atoms with Crippen molar-refractivity contribution in [1.29, 1.82) is 0 Å². The number of carboxylic acid groups (broad SMARTS) is 1. The normalized spacial score (nSPS) is 9.83. The number of carbonyl (C=O) groups is 2. The first-order chi connectivity index (χ1) is 13.6. The lowest BCUT2D eigenvalue weighted by atomic mass is 10.1. The molecule has 0 aromatic heterocycles. The van der Waals surface area contributed by atoms with Crippen LogP contribution in [0.5, 0.6) is 23.0 Å². The summed E-state index contributed by atoms with van der Waals surface area (Å²) in [5.41, 5.74) is 1.28. The number of esters is 1. The molecule has 0 atom stereocenters. The molecule has 0 unspecified atom stereocenters. The van der Waals surface area contributed by atoms with E-state index in [0.717, 1.165) is 0 Å². The van der Waals surface area contributed by atoms with Crippen molar-refractivity contribution >= 4 is 43.8 Å². The smallest absolute Gasteiger partial charge is 0.309 e. The van der Waals surface area contributed by atoms with Crippen LogP contribution in [-0.2, 0) is 27.2 Å². The first kappa shape index (κ1) is 24.6. The Morgan fingerprint density at radius 2 is 1.24 bits per heavy atom. The average Bonchev–Trinajstić information content (AvgIpc) is 2.67. The van der Waals surface area contributed by atoms with E-state index in [1.165, 1.54) is 27.4 Å². The maximum Gasteiger partial charge on any atom is 0.309 e. The van der Waals surface area contributed by atoms with Gasteiger partial charge in [-0.15, -0.1) is 0 Å². The lowest BCUT2D eigenvalue weighted by molar-refractivity contribution is -0.140. The highest BCUT2D eigenvalue weighted by molar-refractivity contribution is 9.10. The Morgan fingerprint density at radius 1 is 0.828 bits per heavy atom. The van der Waals surface area contributed by atoms with Crippen LogP contribution in [0.15, 0.2) is 33.2 Å². The highest BCUT2D eigenvalue weighted by Gasteiger charge is 2.11. The van der Waals surface area contributed by atoms with Gasteiger partial charge in [-0.25, -0.2) is 0 Å². The molecule has 0 heterocycles. The lowest BCUT2D eigenvalue weighted by Crippen LogP contribution is -2.04. The summed E-state index contributed by atoms with van der Waals surface area (Å²) in [4.78, 5) is 21.5. The van der Waals surface area contributed by atoms with Gasteiger partial charge in [-0.2, -0.15) is 0 Å². The Bertz CT molecular complexity index is 883. The first-order valence-electron chi connectivity index (χ1n) is 8.02. The van der Waals surface area contributed by atoms with Crippen LogP contribution < -0.4 is 9.47 Å². The number of carbonyl (C=O) groups excluding carboxylic acids is 1. The largest absolute Gasteiger partial charge is 0.503 e. The SMILES string of the molecule is COC(=O)Cc1cc(Br)c(O)c(OC)c1.COc1cc(CC(=O)O)cc(Br)c1O. The Hall–Kier alpha value is -2.46. The maximum absolute atomic E-state index is 11.0. The number of aromatic hydroxyl groups is 2. The number of benzene rings is 2. The van der Waals surface area contributed by atoms with E-state index in [4.69, 9.17) is 14.6 Å². The van der Waals surface area contributed by atoms with Crippen LogP contribution in [0.2, 0.25) is 0 Å². The Labute approximate surface area is 184 Å². The summed E-state index contributed by atoms with van der Waals surface area (Å²) in [6.45, 7) is 0. The second-order valence-electron chi connectivity index (χ2n) is 5.58. The number of hydrogen-bond acceptors (Lipinski definition) is 7. The van der Waals surface area contributed by atoms with Crippen molar-refractivity contribution in [2.75, 3.05) is 21.3 Å². The number of methoxy groups -OCH3 is 3. The van der Waals surface area contributed by atoms with E-state index in [-0.39, 0.29) is 36.1 Å². The molecule has 0 spiro atoms. The van der Waals surface area contributed by atoms with Gasteiger partial charge in [-0.05, 0) is 67.3 Å². The van der Waals surface area contributed by atoms with Crippen molar-refractivity contribution in [3.63, 3.8) is 0 Å². The highest BCUT2D eigenvalue weighted by Crippen LogP contribution is 2.36. The van der Waals surface area contributed by atoms with Gasteiger partial charge in [0.15, 0.2) is 23.0 Å². The number of aliphatic carboxylic acids is 1. The van der Waals surface area contributed by atoms with E-state index in [2.05, 4.69) is 36.6 Å². The summed E-state index contributed by atoms with van der Waals surface area (Å²) in [7, 11) is 4.18. The molecule has 29 heavy (non-hydrogen) atoms. The van der Waals surface area contributed by atoms with Crippen molar-refractivity contribution in [2.45, 2.75) is 12.8 Å². The van der Waals surface area contributed by atoms with Gasteiger partial charge in [-0.3, -0.25) is 9.59 Å². The van der Waals surface area contributed by atoms with Crippen LogP contribution in [-0.4, -0.2) is 48.6 Å². The summed E-state index contributed by atoms with van der Waals surface area (Å²) < 4.78 is 15.3. The van der Waals surface area contributed by atoms with Crippen LogP contribution >= 0.6 is 31.9 Å². The molecule has 0 bridgehead atoms. The number of phenols is 2. The predicted molar refractivity (Wildman–Crippen MR) is 112 cm³/mol. The van der Waals surface area contributed by atoms with Crippen LogP contribution in [0.1, 0.15) is 11.1 Å². The number of hydrogen-bond donors (Lipinski definition) is 3. The van der Waals surface area contributed by atoms with Crippen molar-refractivity contribution in [3.05, 3.63) is 44.3 Å². The second kappa shape index (κ2) is 11.5. The summed E-state index contributed by atoms with van der Waals surface area (Å²) in [5.74, 6) is -0.689. The van der Waals surface area contributed by atoms with E-state index >= 15 is 0 Å². The standard InChI is InChI=1S/C10H11BrO4.C9H9BrO4/c1-14-8-4-6(5-9(12)15-2)3-7(11)10(8)13;1-14-7-3-5(4-8(11)12)2-6(10)9(7)13/h3-4,13H,5H2,1-2H3;2-3,13H,4H2,1H3,(H,11,12). The fraction of sp³-hybridized carbons (Fsp3) is 0.263. The molecule has 10 heteroatoms. The summed E-state index contributed by atoms with van der Waals surface area (Å²) in [5, 5.41) is 27.5. The molecule has 2 rings (SSSR count). The van der Waals surface area contributed by atoms with E-state index in [9.17, 15) is 19.8 Å². The third-order valence-corrected chi connectivity index (χ3v) is 4.76. The molecule has 0 saturated heterocycles. The van der Waals surface area contributed by atoms with E-state index in [1.807, 2.05) is 0 Å². The van der Waals surface area contributed by atoms with Gasteiger partial charge >= 0.3 is 11.9 Å². The monoisotopic (exact) mass is 534 g/mol. The fourth-order valence-electron chi connectivity index (χ4n) is 2.18. The molecule has 0 fully saturated rings. The summed E-state index contributed by atoms with van der Waals surface area (Å²) in [6.07, 6.45) is 0.0426. The first-order valence-corrected chi connectivity index (χ1v) is 9.60. The van der Waals surface area contributed by atoms with E-state index in [0.29, 0.717) is 25.8 Å². The fourth-order valence-corrected chi connectivity index (χ4v) is 3.16. The Morgan fingerprint density at radius 3 is 1.59 bits per heavy atom. The molecule has 0 amide bonds. The summed E-state index contributed by atoms with van der Waals surface area (Å²) >= 11 is 6.27. The molecule has 2 aromatic rings. The number of rotatable bonds is 6. The topological polar surface area (TPSA) is 123 Å². The third kappa shape index (κ3) is 7.47. The van der Waals surface area contributed by atoms with Gasteiger partial charge in [0.1, 0.15) is 0 Å².